The Bertz CT molecular complexity index is 823. The van der Waals surface area contributed by atoms with E-state index in [-0.39, 0.29) is 29.9 Å². The first-order valence-corrected chi connectivity index (χ1v) is 10.1. The first-order valence-electron chi connectivity index (χ1n) is 9.26. The molecule has 2 saturated heterocycles. The van der Waals surface area contributed by atoms with Gasteiger partial charge in [0.1, 0.15) is 0 Å². The highest BCUT2D eigenvalue weighted by Gasteiger charge is 2.44. The quantitative estimate of drug-likeness (QED) is 0.877. The molecule has 4 heterocycles. The number of hydrogen-bond donors (Lipinski definition) is 1. The number of carbonyl (C=O) groups excluding carboxylic acids is 2. The molecule has 0 radical (unpaired) electrons. The van der Waals surface area contributed by atoms with Gasteiger partial charge in [0.2, 0.25) is 5.91 Å². The molecule has 6 nitrogen and oxygen atoms in total. The van der Waals surface area contributed by atoms with E-state index in [2.05, 4.69) is 10.3 Å². The average molecular weight is 385 g/mol. The number of nitrogens with one attached hydrogen (secondary N) is 1. The third-order valence-electron chi connectivity index (χ3n) is 5.27. The number of nitrogens with zero attached hydrogens (tertiary/aromatic N) is 2. The molecule has 4 rings (SSSR count). The molecule has 0 saturated carbocycles. The van der Waals surface area contributed by atoms with E-state index in [4.69, 9.17) is 4.74 Å². The number of pyridine rings is 1. The summed E-state index contributed by atoms with van der Waals surface area (Å²) < 4.78 is 5.84. The van der Waals surface area contributed by atoms with Gasteiger partial charge in [-0.15, -0.1) is 11.3 Å². The number of fused-ring (bicyclic) bond motifs is 1. The Balaban J connectivity index is 1.46. The Morgan fingerprint density at radius 1 is 1.44 bits per heavy atom. The van der Waals surface area contributed by atoms with Crippen molar-refractivity contribution in [3.8, 4) is 0 Å². The number of rotatable bonds is 4. The molecule has 2 aromatic heterocycles. The number of likely N-dealkylation sites (tertiary alicyclic amines) is 1. The Morgan fingerprint density at radius 3 is 3.07 bits per heavy atom. The van der Waals surface area contributed by atoms with Gasteiger partial charge in [-0.25, -0.2) is 0 Å². The molecule has 142 valence electrons. The lowest BCUT2D eigenvalue weighted by Gasteiger charge is -2.40. The highest BCUT2D eigenvalue weighted by molar-refractivity contribution is 7.12. The fourth-order valence-corrected chi connectivity index (χ4v) is 4.74. The van der Waals surface area contributed by atoms with Crippen molar-refractivity contribution in [1.29, 1.82) is 0 Å². The summed E-state index contributed by atoms with van der Waals surface area (Å²) >= 11 is 1.46. The lowest BCUT2D eigenvalue weighted by molar-refractivity contribution is -0.128. The first-order chi connectivity index (χ1) is 13.1. The molecule has 27 heavy (non-hydrogen) atoms. The summed E-state index contributed by atoms with van der Waals surface area (Å²) in [5.41, 5.74) is 2.05. The van der Waals surface area contributed by atoms with Gasteiger partial charge in [0, 0.05) is 32.1 Å². The topological polar surface area (TPSA) is 71.5 Å². The van der Waals surface area contributed by atoms with E-state index < -0.39 is 0 Å². The van der Waals surface area contributed by atoms with Gasteiger partial charge in [-0.05, 0) is 48.4 Å². The summed E-state index contributed by atoms with van der Waals surface area (Å²) in [7, 11) is 0. The predicted molar refractivity (Wildman–Crippen MR) is 102 cm³/mol. The van der Waals surface area contributed by atoms with Crippen LogP contribution in [0.15, 0.2) is 36.0 Å². The highest BCUT2D eigenvalue weighted by atomic mass is 32.1. The lowest BCUT2D eigenvalue weighted by Crippen LogP contribution is -2.54. The van der Waals surface area contributed by atoms with E-state index in [9.17, 15) is 9.59 Å². The second kappa shape index (κ2) is 7.78. The van der Waals surface area contributed by atoms with Crippen LogP contribution in [0.1, 0.15) is 33.6 Å². The summed E-state index contributed by atoms with van der Waals surface area (Å²) in [4.78, 5) is 32.4. The van der Waals surface area contributed by atoms with Crippen LogP contribution in [0.25, 0.3) is 0 Å². The number of aryl methyl sites for hydroxylation is 1. The van der Waals surface area contributed by atoms with Crippen LogP contribution in [-0.2, 0) is 16.1 Å². The maximum atomic E-state index is 13.0. The number of aromatic nitrogens is 1. The van der Waals surface area contributed by atoms with Crippen molar-refractivity contribution in [1.82, 2.24) is 15.2 Å². The molecular formula is C20H23N3O3S. The molecule has 3 atom stereocenters. The summed E-state index contributed by atoms with van der Waals surface area (Å²) in [5, 5.41) is 4.97. The van der Waals surface area contributed by atoms with Crippen molar-refractivity contribution in [3.63, 3.8) is 0 Å². The van der Waals surface area contributed by atoms with Gasteiger partial charge in [-0.3, -0.25) is 14.6 Å². The fraction of sp³-hybridized carbons (Fsp3) is 0.450. The predicted octanol–water partition coefficient (Wildman–Crippen LogP) is 2.39. The van der Waals surface area contributed by atoms with Gasteiger partial charge in [-0.1, -0.05) is 6.07 Å². The maximum Gasteiger partial charge on any atom is 0.264 e. The molecule has 0 aromatic carbocycles. The third-order valence-corrected chi connectivity index (χ3v) is 6.31. The Kier molecular flexibility index (Phi) is 5.22. The molecule has 2 aliphatic rings. The molecule has 7 heteroatoms. The van der Waals surface area contributed by atoms with Crippen molar-refractivity contribution < 1.29 is 14.3 Å². The minimum Gasteiger partial charge on any atom is -0.376 e. The van der Waals surface area contributed by atoms with Crippen LogP contribution in [0.2, 0.25) is 0 Å². The summed E-state index contributed by atoms with van der Waals surface area (Å²) in [5.74, 6) is -0.280. The lowest BCUT2D eigenvalue weighted by atomic mass is 9.89. The van der Waals surface area contributed by atoms with Crippen LogP contribution in [0.3, 0.4) is 0 Å². The zero-order chi connectivity index (χ0) is 18.8. The number of hydrogen-bond acceptors (Lipinski definition) is 5. The van der Waals surface area contributed by atoms with Crippen molar-refractivity contribution in [3.05, 3.63) is 52.0 Å². The molecule has 0 spiro atoms. The summed E-state index contributed by atoms with van der Waals surface area (Å²) in [6, 6.07) is 5.77. The van der Waals surface area contributed by atoms with Gasteiger partial charge in [0.15, 0.2) is 0 Å². The SMILES string of the molecule is Cc1csc(C(=O)N2C[C@H](C(=O)NCc3cccnc3)C[C@H]3OCC[C@H]32)c1. The molecule has 2 aliphatic heterocycles. The van der Waals surface area contributed by atoms with Crippen molar-refractivity contribution in [2.24, 2.45) is 5.92 Å². The summed E-state index contributed by atoms with van der Waals surface area (Å²) in [6.45, 7) is 3.52. The molecule has 2 amide bonds. The van der Waals surface area contributed by atoms with Crippen LogP contribution in [-0.4, -0.2) is 47.0 Å². The number of amides is 2. The summed E-state index contributed by atoms with van der Waals surface area (Å²) in [6.07, 6.45) is 4.89. The zero-order valence-electron chi connectivity index (χ0n) is 15.3. The van der Waals surface area contributed by atoms with Crippen molar-refractivity contribution >= 4 is 23.2 Å². The Morgan fingerprint density at radius 2 is 2.33 bits per heavy atom. The molecule has 2 fully saturated rings. The number of thiophene rings is 1. The normalized spacial score (nSPS) is 24.5. The average Bonchev–Trinajstić information content (AvgIpc) is 3.34. The Labute approximate surface area is 162 Å². The molecule has 1 N–H and O–H groups in total. The van der Waals surface area contributed by atoms with E-state index in [1.807, 2.05) is 35.4 Å². The van der Waals surface area contributed by atoms with Crippen LogP contribution >= 0.6 is 11.3 Å². The second-order valence-corrected chi connectivity index (χ2v) is 8.13. The number of piperidine rings is 1. The van der Waals surface area contributed by atoms with Crippen LogP contribution in [0.5, 0.6) is 0 Å². The van der Waals surface area contributed by atoms with Crippen LogP contribution in [0, 0.1) is 12.8 Å². The van der Waals surface area contributed by atoms with Gasteiger partial charge in [0.05, 0.1) is 22.9 Å². The van der Waals surface area contributed by atoms with Crippen LogP contribution in [0.4, 0.5) is 0 Å². The maximum absolute atomic E-state index is 13.0. The van der Waals surface area contributed by atoms with E-state index in [1.54, 1.807) is 12.4 Å². The highest BCUT2D eigenvalue weighted by Crippen LogP contribution is 2.33. The zero-order valence-corrected chi connectivity index (χ0v) is 16.1. The number of ether oxygens (including phenoxy) is 1. The van der Waals surface area contributed by atoms with Gasteiger partial charge in [0.25, 0.3) is 5.91 Å². The standard InChI is InChI=1S/C20H23N3O3S/c1-13-7-18(27-12-13)20(25)23-11-15(8-17-16(23)4-6-26-17)19(24)22-10-14-3-2-5-21-9-14/h2-3,5,7,9,12,15-17H,4,6,8,10-11H2,1H3,(H,22,24)/t15-,16-,17-/m1/s1. The van der Waals surface area contributed by atoms with Crippen molar-refractivity contribution in [2.75, 3.05) is 13.2 Å². The van der Waals surface area contributed by atoms with Gasteiger partial charge < -0.3 is 15.0 Å². The molecule has 2 aromatic rings. The smallest absolute Gasteiger partial charge is 0.264 e. The molecule has 0 bridgehead atoms. The number of carbonyl (C=O) groups is 2. The molecule has 0 unspecified atom stereocenters. The monoisotopic (exact) mass is 385 g/mol. The largest absolute Gasteiger partial charge is 0.376 e. The minimum atomic E-state index is -0.258. The third kappa shape index (κ3) is 3.89. The molecule has 0 aliphatic carbocycles. The van der Waals surface area contributed by atoms with Gasteiger partial charge >= 0.3 is 0 Å². The van der Waals surface area contributed by atoms with E-state index >= 15 is 0 Å². The molecular weight excluding hydrogens is 362 g/mol. The van der Waals surface area contributed by atoms with E-state index in [0.29, 0.717) is 26.1 Å². The van der Waals surface area contributed by atoms with Gasteiger partial charge in [-0.2, -0.15) is 0 Å². The van der Waals surface area contributed by atoms with Crippen molar-refractivity contribution in [2.45, 2.75) is 38.5 Å². The Hall–Kier alpha value is -2.25. The van der Waals surface area contributed by atoms with E-state index in [1.165, 1.54) is 11.3 Å². The van der Waals surface area contributed by atoms with Crippen LogP contribution < -0.4 is 5.32 Å². The minimum absolute atomic E-state index is 0.0124. The second-order valence-electron chi connectivity index (χ2n) is 7.22. The fourth-order valence-electron chi connectivity index (χ4n) is 3.89. The first kappa shape index (κ1) is 18.1. The van der Waals surface area contributed by atoms with E-state index in [0.717, 1.165) is 22.4 Å².